The molecule has 0 atom stereocenters. The van der Waals surface area contributed by atoms with Gasteiger partial charge in [0, 0.05) is 24.2 Å². The number of carbonyl (C=O) groups is 2. The number of hydrogen-bond donors (Lipinski definition) is 1. The maximum absolute atomic E-state index is 12.8. The minimum absolute atomic E-state index is 0.0240. The van der Waals surface area contributed by atoms with Gasteiger partial charge >= 0.3 is 0 Å². The zero-order valence-electron chi connectivity index (χ0n) is 18.1. The van der Waals surface area contributed by atoms with Crippen LogP contribution < -0.4 is 10.5 Å². The van der Waals surface area contributed by atoms with Crippen molar-refractivity contribution in [1.82, 2.24) is 4.90 Å². The third kappa shape index (κ3) is 3.67. The molecule has 4 rings (SSSR count). The highest BCUT2D eigenvalue weighted by Gasteiger charge is 2.26. The Bertz CT molecular complexity index is 1180. The molecule has 2 amide bonds. The van der Waals surface area contributed by atoms with Gasteiger partial charge in [0.05, 0.1) is 7.11 Å². The van der Waals surface area contributed by atoms with E-state index < -0.39 is 5.91 Å². The van der Waals surface area contributed by atoms with E-state index in [0.29, 0.717) is 30.6 Å². The first-order valence-electron chi connectivity index (χ1n) is 10.5. The van der Waals surface area contributed by atoms with E-state index in [1.807, 2.05) is 62.4 Å². The van der Waals surface area contributed by atoms with Gasteiger partial charge in [-0.05, 0) is 90.0 Å². The maximum atomic E-state index is 12.8. The first-order chi connectivity index (χ1) is 15.0. The standard InChI is InChI=1S/C26H26N2O3/c1-4-28(5-2)26(30)17-9-10-21-19(11-17)15-23-22(21)13-18(14-24(23)25(27)29)16-7-6-8-20(12-16)31-3/h6-14H,4-5,15H2,1-3H3,(H2,27,29). The fourth-order valence-electron chi connectivity index (χ4n) is 4.31. The van der Waals surface area contributed by atoms with Crippen LogP contribution in [0.4, 0.5) is 0 Å². The summed E-state index contributed by atoms with van der Waals surface area (Å²) < 4.78 is 5.35. The summed E-state index contributed by atoms with van der Waals surface area (Å²) in [6.45, 7) is 5.29. The van der Waals surface area contributed by atoms with E-state index in [9.17, 15) is 9.59 Å². The summed E-state index contributed by atoms with van der Waals surface area (Å²) in [5.41, 5.74) is 12.8. The molecular formula is C26H26N2O3. The predicted octanol–water partition coefficient (Wildman–Crippen LogP) is 4.51. The van der Waals surface area contributed by atoms with Crippen LogP contribution in [0.5, 0.6) is 5.75 Å². The molecule has 0 saturated heterocycles. The van der Waals surface area contributed by atoms with Gasteiger partial charge in [0.15, 0.2) is 0 Å². The SMILES string of the molecule is CCN(CC)C(=O)c1ccc2c(c1)Cc1c(C(N)=O)cc(-c3cccc(OC)c3)cc1-2. The highest BCUT2D eigenvalue weighted by molar-refractivity contribution is 6.01. The van der Waals surface area contributed by atoms with Crippen molar-refractivity contribution in [3.05, 3.63) is 76.9 Å². The molecule has 2 N–H and O–H groups in total. The Hall–Kier alpha value is -3.60. The summed E-state index contributed by atoms with van der Waals surface area (Å²) in [5.74, 6) is 0.322. The smallest absolute Gasteiger partial charge is 0.253 e. The van der Waals surface area contributed by atoms with Crippen LogP contribution in [-0.2, 0) is 6.42 Å². The van der Waals surface area contributed by atoms with Crippen molar-refractivity contribution in [3.63, 3.8) is 0 Å². The van der Waals surface area contributed by atoms with E-state index in [0.717, 1.165) is 39.1 Å². The van der Waals surface area contributed by atoms with Crippen molar-refractivity contribution >= 4 is 11.8 Å². The number of rotatable bonds is 6. The first-order valence-corrected chi connectivity index (χ1v) is 10.5. The number of nitrogens with zero attached hydrogens (tertiary/aromatic N) is 1. The maximum Gasteiger partial charge on any atom is 0.253 e. The van der Waals surface area contributed by atoms with Gasteiger partial charge in [-0.25, -0.2) is 0 Å². The monoisotopic (exact) mass is 414 g/mol. The minimum Gasteiger partial charge on any atom is -0.497 e. The molecular weight excluding hydrogens is 388 g/mol. The molecule has 1 aliphatic rings. The summed E-state index contributed by atoms with van der Waals surface area (Å²) in [6.07, 6.45) is 0.584. The molecule has 5 heteroatoms. The third-order valence-corrected chi connectivity index (χ3v) is 5.98. The van der Waals surface area contributed by atoms with Crippen LogP contribution in [0.1, 0.15) is 45.7 Å². The molecule has 31 heavy (non-hydrogen) atoms. The topological polar surface area (TPSA) is 72.6 Å². The largest absolute Gasteiger partial charge is 0.497 e. The lowest BCUT2D eigenvalue weighted by molar-refractivity contribution is 0.0772. The Labute approximate surface area is 182 Å². The molecule has 0 spiro atoms. The second kappa shape index (κ2) is 8.26. The van der Waals surface area contributed by atoms with E-state index >= 15 is 0 Å². The average molecular weight is 415 g/mol. The van der Waals surface area contributed by atoms with Crippen molar-refractivity contribution in [3.8, 4) is 28.0 Å². The molecule has 0 unspecified atom stereocenters. The summed E-state index contributed by atoms with van der Waals surface area (Å²) in [6, 6.07) is 17.5. The Morgan fingerprint density at radius 2 is 1.74 bits per heavy atom. The van der Waals surface area contributed by atoms with Crippen LogP contribution in [0.3, 0.4) is 0 Å². The molecule has 158 valence electrons. The predicted molar refractivity (Wildman–Crippen MR) is 122 cm³/mol. The zero-order chi connectivity index (χ0) is 22.1. The van der Waals surface area contributed by atoms with Gasteiger partial charge in [0.2, 0.25) is 5.91 Å². The van der Waals surface area contributed by atoms with E-state index in [4.69, 9.17) is 10.5 Å². The molecule has 0 fully saturated rings. The van der Waals surface area contributed by atoms with Crippen LogP contribution in [0.25, 0.3) is 22.3 Å². The number of methoxy groups -OCH3 is 1. The number of primary amides is 1. The summed E-state index contributed by atoms with van der Waals surface area (Å²) >= 11 is 0. The Morgan fingerprint density at radius 1 is 0.968 bits per heavy atom. The van der Waals surface area contributed by atoms with Gasteiger partial charge < -0.3 is 15.4 Å². The normalized spacial score (nSPS) is 11.6. The minimum atomic E-state index is -0.451. The van der Waals surface area contributed by atoms with Crippen molar-refractivity contribution < 1.29 is 14.3 Å². The molecule has 1 aliphatic carbocycles. The molecule has 3 aromatic rings. The van der Waals surface area contributed by atoms with E-state index in [-0.39, 0.29) is 5.91 Å². The molecule has 0 aliphatic heterocycles. The molecule has 3 aromatic carbocycles. The van der Waals surface area contributed by atoms with Crippen LogP contribution in [0, 0.1) is 0 Å². The second-order valence-corrected chi connectivity index (χ2v) is 7.67. The van der Waals surface area contributed by atoms with E-state index in [1.54, 1.807) is 12.0 Å². The highest BCUT2D eigenvalue weighted by atomic mass is 16.5. The molecule has 0 saturated carbocycles. The van der Waals surface area contributed by atoms with Crippen LogP contribution in [0.15, 0.2) is 54.6 Å². The number of benzene rings is 3. The average Bonchev–Trinajstić information content (AvgIpc) is 3.16. The zero-order valence-corrected chi connectivity index (χ0v) is 18.1. The lowest BCUT2D eigenvalue weighted by atomic mass is 9.94. The number of carbonyl (C=O) groups excluding carboxylic acids is 2. The van der Waals surface area contributed by atoms with Crippen molar-refractivity contribution in [2.75, 3.05) is 20.2 Å². The summed E-state index contributed by atoms with van der Waals surface area (Å²) in [5, 5.41) is 0. The lowest BCUT2D eigenvalue weighted by Crippen LogP contribution is -2.30. The van der Waals surface area contributed by atoms with Gasteiger partial charge in [-0.1, -0.05) is 18.2 Å². The highest BCUT2D eigenvalue weighted by Crippen LogP contribution is 2.41. The number of hydrogen-bond acceptors (Lipinski definition) is 3. The molecule has 0 aromatic heterocycles. The Morgan fingerprint density at radius 3 is 2.42 bits per heavy atom. The lowest BCUT2D eigenvalue weighted by Gasteiger charge is -2.19. The van der Waals surface area contributed by atoms with Gasteiger partial charge in [-0.15, -0.1) is 0 Å². The van der Waals surface area contributed by atoms with Crippen LogP contribution in [0.2, 0.25) is 0 Å². The van der Waals surface area contributed by atoms with Crippen LogP contribution in [-0.4, -0.2) is 36.9 Å². The number of amides is 2. The van der Waals surface area contributed by atoms with Crippen molar-refractivity contribution in [2.24, 2.45) is 5.73 Å². The molecule has 0 radical (unpaired) electrons. The van der Waals surface area contributed by atoms with Crippen molar-refractivity contribution in [2.45, 2.75) is 20.3 Å². The van der Waals surface area contributed by atoms with Gasteiger partial charge in [0.25, 0.3) is 5.91 Å². The van der Waals surface area contributed by atoms with E-state index in [2.05, 4.69) is 6.07 Å². The number of fused-ring (bicyclic) bond motifs is 3. The fourth-order valence-corrected chi connectivity index (χ4v) is 4.31. The quantitative estimate of drug-likeness (QED) is 0.504. The van der Waals surface area contributed by atoms with Gasteiger partial charge in [-0.3, -0.25) is 9.59 Å². The van der Waals surface area contributed by atoms with E-state index in [1.165, 1.54) is 0 Å². The summed E-state index contributed by atoms with van der Waals surface area (Å²) in [7, 11) is 1.63. The Balaban J connectivity index is 1.82. The molecule has 5 nitrogen and oxygen atoms in total. The first kappa shape index (κ1) is 20.7. The summed E-state index contributed by atoms with van der Waals surface area (Å²) in [4.78, 5) is 26.9. The third-order valence-electron chi connectivity index (χ3n) is 5.98. The Kier molecular flexibility index (Phi) is 5.51. The molecule has 0 bridgehead atoms. The van der Waals surface area contributed by atoms with Gasteiger partial charge in [-0.2, -0.15) is 0 Å². The fraction of sp³-hybridized carbons (Fsp3) is 0.231. The second-order valence-electron chi connectivity index (χ2n) is 7.67. The number of nitrogens with two attached hydrogens (primary N) is 1. The number of ether oxygens (including phenoxy) is 1. The molecule has 0 heterocycles. The van der Waals surface area contributed by atoms with Crippen LogP contribution >= 0.6 is 0 Å². The van der Waals surface area contributed by atoms with Gasteiger partial charge in [0.1, 0.15) is 5.75 Å². The van der Waals surface area contributed by atoms with Crippen molar-refractivity contribution in [1.29, 1.82) is 0 Å².